The molecule has 0 spiro atoms. The molecule has 0 atom stereocenters. The molecule has 0 aliphatic carbocycles. The van der Waals surface area contributed by atoms with Gasteiger partial charge >= 0.3 is 0 Å². The molecule has 114 valence electrons. The van der Waals surface area contributed by atoms with Crippen LogP contribution in [0.3, 0.4) is 0 Å². The van der Waals surface area contributed by atoms with Crippen molar-refractivity contribution >= 4 is 18.2 Å². The number of aryl methyl sites for hydroxylation is 1. The van der Waals surface area contributed by atoms with Crippen LogP contribution in [0.1, 0.15) is 29.3 Å². The molecule has 0 aromatic heterocycles. The summed E-state index contributed by atoms with van der Waals surface area (Å²) in [5.74, 6) is 1.42. The van der Waals surface area contributed by atoms with Crippen molar-refractivity contribution in [1.29, 1.82) is 0 Å². The third-order valence-corrected chi connectivity index (χ3v) is 3.08. The Balaban J connectivity index is 0.00000361. The summed E-state index contributed by atoms with van der Waals surface area (Å²) in [6, 6.07) is 3.68. The largest absolute Gasteiger partial charge is 0.493 e. The van der Waals surface area contributed by atoms with Crippen molar-refractivity contribution < 1.29 is 14.3 Å². The summed E-state index contributed by atoms with van der Waals surface area (Å²) in [7, 11) is 7.10. The quantitative estimate of drug-likeness (QED) is 0.726. The number of halogens is 1. The number of ketones is 1. The third-order valence-electron chi connectivity index (χ3n) is 3.08. The average Bonchev–Trinajstić information content (AvgIpc) is 2.42. The fourth-order valence-electron chi connectivity index (χ4n) is 1.93. The number of hydrogen-bond donors (Lipinski definition) is 0. The maximum Gasteiger partial charge on any atom is 0.164 e. The smallest absolute Gasteiger partial charge is 0.164 e. The fraction of sp³-hybridized carbons (Fsp3) is 0.533. The molecule has 20 heavy (non-hydrogen) atoms. The summed E-state index contributed by atoms with van der Waals surface area (Å²) in [4.78, 5) is 14.3. The highest BCUT2D eigenvalue weighted by atomic mass is 35.5. The standard InChI is InChI=1S/C15H23NO3.ClH/c1-6-11-9-14(18-4)15(19-5)10-12(11)13(17)7-8-16(2)3;/h9-10H,6-8H2,1-5H3;1H. The van der Waals surface area contributed by atoms with Crippen LogP contribution in [-0.2, 0) is 6.42 Å². The van der Waals surface area contributed by atoms with Crippen LogP contribution >= 0.6 is 12.4 Å². The second-order valence-corrected chi connectivity index (χ2v) is 4.69. The molecule has 0 radical (unpaired) electrons. The predicted octanol–water partition coefficient (Wildman–Crippen LogP) is 2.82. The monoisotopic (exact) mass is 301 g/mol. The molecule has 0 N–H and O–H groups in total. The molecule has 0 aliphatic rings. The number of methoxy groups -OCH3 is 2. The van der Waals surface area contributed by atoms with E-state index in [0.717, 1.165) is 24.1 Å². The minimum atomic E-state index is 0. The molecule has 1 rings (SSSR count). The van der Waals surface area contributed by atoms with Crippen molar-refractivity contribution in [3.8, 4) is 11.5 Å². The molecule has 0 saturated heterocycles. The topological polar surface area (TPSA) is 38.8 Å². The molecule has 0 saturated carbocycles. The van der Waals surface area contributed by atoms with E-state index in [4.69, 9.17) is 9.47 Å². The highest BCUT2D eigenvalue weighted by Crippen LogP contribution is 2.31. The van der Waals surface area contributed by atoms with E-state index in [2.05, 4.69) is 0 Å². The van der Waals surface area contributed by atoms with E-state index in [-0.39, 0.29) is 18.2 Å². The van der Waals surface area contributed by atoms with Crippen LogP contribution in [0.25, 0.3) is 0 Å². The average molecular weight is 302 g/mol. The Bertz CT molecular complexity index is 447. The van der Waals surface area contributed by atoms with Crippen LogP contribution in [0, 0.1) is 0 Å². The maximum atomic E-state index is 12.3. The lowest BCUT2D eigenvalue weighted by molar-refractivity contribution is 0.0971. The highest BCUT2D eigenvalue weighted by Gasteiger charge is 2.15. The Morgan fingerprint density at radius 3 is 2.15 bits per heavy atom. The number of ether oxygens (including phenoxy) is 2. The first kappa shape index (κ1) is 18.7. The van der Waals surface area contributed by atoms with E-state index in [0.29, 0.717) is 17.9 Å². The van der Waals surface area contributed by atoms with E-state index in [1.807, 2.05) is 32.0 Å². The van der Waals surface area contributed by atoms with Crippen LogP contribution in [0.15, 0.2) is 12.1 Å². The highest BCUT2D eigenvalue weighted by molar-refractivity contribution is 5.98. The predicted molar refractivity (Wildman–Crippen MR) is 83.7 cm³/mol. The Morgan fingerprint density at radius 1 is 1.15 bits per heavy atom. The number of carbonyl (C=O) groups excluding carboxylic acids is 1. The van der Waals surface area contributed by atoms with Gasteiger partial charge in [0.1, 0.15) is 0 Å². The Kier molecular flexibility index (Phi) is 8.26. The lowest BCUT2D eigenvalue weighted by Gasteiger charge is -2.14. The van der Waals surface area contributed by atoms with Crippen LogP contribution in [0.2, 0.25) is 0 Å². The number of Topliss-reactive ketones (excluding diaryl/α,β-unsaturated/α-hetero) is 1. The fourth-order valence-corrected chi connectivity index (χ4v) is 1.93. The van der Waals surface area contributed by atoms with Gasteiger partial charge in [0.15, 0.2) is 17.3 Å². The van der Waals surface area contributed by atoms with Crippen molar-refractivity contribution in [1.82, 2.24) is 4.90 Å². The number of rotatable bonds is 7. The molecule has 0 fully saturated rings. The van der Waals surface area contributed by atoms with E-state index in [1.165, 1.54) is 0 Å². The molecule has 0 unspecified atom stereocenters. The summed E-state index contributed by atoms with van der Waals surface area (Å²) in [6.45, 7) is 2.78. The van der Waals surface area contributed by atoms with E-state index < -0.39 is 0 Å². The van der Waals surface area contributed by atoms with Gasteiger partial charge in [0.05, 0.1) is 14.2 Å². The zero-order valence-electron chi connectivity index (χ0n) is 12.9. The molecule has 4 nitrogen and oxygen atoms in total. The molecular formula is C15H24ClNO3. The van der Waals surface area contributed by atoms with E-state index in [9.17, 15) is 4.79 Å². The molecule has 1 aromatic carbocycles. The van der Waals surface area contributed by atoms with Crippen LogP contribution < -0.4 is 9.47 Å². The molecule has 0 aliphatic heterocycles. The third kappa shape index (κ3) is 4.69. The van der Waals surface area contributed by atoms with Crippen molar-refractivity contribution in [2.45, 2.75) is 19.8 Å². The molecule has 0 heterocycles. The lowest BCUT2D eigenvalue weighted by atomic mass is 9.98. The first-order chi connectivity index (χ1) is 9.03. The minimum Gasteiger partial charge on any atom is -0.493 e. The van der Waals surface area contributed by atoms with Gasteiger partial charge in [-0.1, -0.05) is 6.92 Å². The number of hydrogen-bond acceptors (Lipinski definition) is 4. The van der Waals surface area contributed by atoms with Gasteiger partial charge in [-0.2, -0.15) is 0 Å². The van der Waals surface area contributed by atoms with Crippen molar-refractivity contribution in [2.24, 2.45) is 0 Å². The summed E-state index contributed by atoms with van der Waals surface area (Å²) < 4.78 is 10.5. The van der Waals surface area contributed by atoms with Crippen LogP contribution in [0.4, 0.5) is 0 Å². The van der Waals surface area contributed by atoms with E-state index in [1.54, 1.807) is 20.3 Å². The van der Waals surface area contributed by atoms with Gasteiger partial charge in [-0.15, -0.1) is 12.4 Å². The summed E-state index contributed by atoms with van der Waals surface area (Å²) in [5.41, 5.74) is 1.74. The molecule has 5 heteroatoms. The molecular weight excluding hydrogens is 278 g/mol. The first-order valence-electron chi connectivity index (χ1n) is 6.46. The first-order valence-corrected chi connectivity index (χ1v) is 6.46. The molecule has 1 aromatic rings. The molecule has 0 bridgehead atoms. The van der Waals surface area contributed by atoms with Gasteiger partial charge in [0.2, 0.25) is 0 Å². The van der Waals surface area contributed by atoms with Crippen LogP contribution in [0.5, 0.6) is 11.5 Å². The van der Waals surface area contributed by atoms with Crippen molar-refractivity contribution in [2.75, 3.05) is 34.9 Å². The number of benzene rings is 1. The normalized spacial score (nSPS) is 10.1. The Labute approximate surface area is 127 Å². The second kappa shape index (κ2) is 8.82. The Morgan fingerprint density at radius 2 is 1.70 bits per heavy atom. The SMILES string of the molecule is CCc1cc(OC)c(OC)cc1C(=O)CCN(C)C.Cl. The van der Waals surface area contributed by atoms with Gasteiger partial charge in [0.25, 0.3) is 0 Å². The van der Waals surface area contributed by atoms with Gasteiger partial charge < -0.3 is 14.4 Å². The van der Waals surface area contributed by atoms with Crippen molar-refractivity contribution in [3.63, 3.8) is 0 Å². The van der Waals surface area contributed by atoms with Crippen molar-refractivity contribution in [3.05, 3.63) is 23.3 Å². The van der Waals surface area contributed by atoms with Gasteiger partial charge in [-0.05, 0) is 38.2 Å². The zero-order chi connectivity index (χ0) is 14.4. The van der Waals surface area contributed by atoms with Gasteiger partial charge in [-0.25, -0.2) is 0 Å². The summed E-state index contributed by atoms with van der Waals surface area (Å²) in [6.07, 6.45) is 1.30. The zero-order valence-corrected chi connectivity index (χ0v) is 13.7. The number of nitrogens with zero attached hydrogens (tertiary/aromatic N) is 1. The minimum absolute atomic E-state index is 0. The number of carbonyl (C=O) groups is 1. The van der Waals surface area contributed by atoms with Gasteiger partial charge in [-0.3, -0.25) is 4.79 Å². The molecule has 0 amide bonds. The Hall–Kier alpha value is -1.26. The summed E-state index contributed by atoms with van der Waals surface area (Å²) >= 11 is 0. The van der Waals surface area contributed by atoms with Gasteiger partial charge in [0, 0.05) is 18.5 Å². The summed E-state index contributed by atoms with van der Waals surface area (Å²) in [5, 5.41) is 0. The maximum absolute atomic E-state index is 12.3. The second-order valence-electron chi connectivity index (χ2n) is 4.69. The lowest BCUT2D eigenvalue weighted by Crippen LogP contribution is -2.17. The van der Waals surface area contributed by atoms with E-state index >= 15 is 0 Å². The van der Waals surface area contributed by atoms with Crippen LogP contribution in [-0.4, -0.2) is 45.5 Å².